The van der Waals surface area contributed by atoms with Crippen molar-refractivity contribution >= 4 is 28.4 Å². The number of fused-ring (bicyclic) bond motifs is 1. The second kappa shape index (κ2) is 8.84. The van der Waals surface area contributed by atoms with E-state index in [9.17, 15) is 18.4 Å². The number of para-hydroxylation sites is 2. The Morgan fingerprint density at radius 3 is 2.47 bits per heavy atom. The molecule has 9 heteroatoms. The smallest absolute Gasteiger partial charge is 0.350 e. The Bertz CT molecular complexity index is 1350. The van der Waals surface area contributed by atoms with Crippen molar-refractivity contribution in [3.05, 3.63) is 94.4 Å². The van der Waals surface area contributed by atoms with Crippen molar-refractivity contribution < 1.29 is 18.3 Å². The van der Waals surface area contributed by atoms with Crippen LogP contribution in [0.5, 0.6) is 5.75 Å². The van der Waals surface area contributed by atoms with Gasteiger partial charge in [-0.1, -0.05) is 30.3 Å². The van der Waals surface area contributed by atoms with Gasteiger partial charge in [0.25, 0.3) is 0 Å². The van der Waals surface area contributed by atoms with Crippen LogP contribution in [0.25, 0.3) is 10.9 Å². The van der Waals surface area contributed by atoms with Gasteiger partial charge >= 0.3 is 11.7 Å². The highest BCUT2D eigenvalue weighted by Crippen LogP contribution is 2.23. The van der Waals surface area contributed by atoms with Gasteiger partial charge in [-0.05, 0) is 42.0 Å². The van der Waals surface area contributed by atoms with Crippen molar-refractivity contribution in [3.63, 3.8) is 0 Å². The number of ether oxygens (including phenoxy) is 1. The summed E-state index contributed by atoms with van der Waals surface area (Å²) in [5, 5.41) is 5.20. The summed E-state index contributed by atoms with van der Waals surface area (Å²) in [6, 6.07) is 16.2. The summed E-state index contributed by atoms with van der Waals surface area (Å²) in [5.41, 5.74) is -0.0946. The summed E-state index contributed by atoms with van der Waals surface area (Å²) < 4.78 is 34.4. The quantitative estimate of drug-likeness (QED) is 0.486. The van der Waals surface area contributed by atoms with Crippen LogP contribution in [-0.2, 0) is 6.54 Å². The predicted molar refractivity (Wildman–Crippen MR) is 117 cm³/mol. The summed E-state index contributed by atoms with van der Waals surface area (Å²) in [5.74, 6) is -1.11. The van der Waals surface area contributed by atoms with E-state index in [1.54, 1.807) is 48.5 Å². The minimum absolute atomic E-state index is 0.0809. The van der Waals surface area contributed by atoms with Crippen LogP contribution in [0, 0.1) is 11.6 Å². The van der Waals surface area contributed by atoms with Gasteiger partial charge in [0.05, 0.1) is 19.2 Å². The molecule has 0 aliphatic heterocycles. The van der Waals surface area contributed by atoms with Gasteiger partial charge in [-0.3, -0.25) is 9.88 Å². The van der Waals surface area contributed by atoms with Gasteiger partial charge in [-0.15, -0.1) is 0 Å². The Hall–Kier alpha value is -4.27. The molecule has 3 aromatic carbocycles. The van der Waals surface area contributed by atoms with E-state index in [4.69, 9.17) is 4.74 Å². The van der Waals surface area contributed by atoms with Crippen molar-refractivity contribution in [2.45, 2.75) is 6.54 Å². The molecule has 7 nitrogen and oxygen atoms in total. The summed E-state index contributed by atoms with van der Waals surface area (Å²) >= 11 is 0. The molecular weight excluding hydrogens is 418 g/mol. The Balaban J connectivity index is 1.75. The Labute approximate surface area is 181 Å². The van der Waals surface area contributed by atoms with E-state index >= 15 is 0 Å². The number of urea groups is 1. The van der Waals surface area contributed by atoms with Crippen LogP contribution in [0.4, 0.5) is 25.1 Å². The van der Waals surface area contributed by atoms with Crippen molar-refractivity contribution in [1.29, 1.82) is 0 Å². The first-order valence-corrected chi connectivity index (χ1v) is 9.61. The van der Waals surface area contributed by atoms with E-state index in [2.05, 4.69) is 15.6 Å². The van der Waals surface area contributed by atoms with E-state index in [1.165, 1.54) is 17.7 Å². The van der Waals surface area contributed by atoms with Crippen LogP contribution in [0.2, 0.25) is 0 Å². The number of carbonyl (C=O) groups excluding carboxylic acids is 1. The van der Waals surface area contributed by atoms with Crippen molar-refractivity contribution in [1.82, 2.24) is 9.55 Å². The van der Waals surface area contributed by atoms with Gasteiger partial charge < -0.3 is 10.1 Å². The predicted octanol–water partition coefficient (Wildman–Crippen LogP) is 4.38. The number of amides is 2. The first-order chi connectivity index (χ1) is 15.5. The van der Waals surface area contributed by atoms with Gasteiger partial charge in [0.1, 0.15) is 28.9 Å². The minimum Gasteiger partial charge on any atom is -0.497 e. The van der Waals surface area contributed by atoms with Crippen LogP contribution >= 0.6 is 0 Å². The molecule has 4 rings (SSSR count). The molecule has 0 fully saturated rings. The monoisotopic (exact) mass is 436 g/mol. The standard InChI is InChI=1S/C23H18F2N4O3/c1-32-15-7-4-6-14(12-15)13-29-21(16-8-2-3-11-19(16)26-23(29)31)28-22(30)27-20-17(24)9-5-10-18(20)25/h2-12H,13H2,1H3,(H2,27,28,30). The van der Waals surface area contributed by atoms with Gasteiger partial charge in [0, 0.05) is 5.39 Å². The summed E-state index contributed by atoms with van der Waals surface area (Å²) in [4.78, 5) is 29.5. The van der Waals surface area contributed by atoms with Crippen molar-refractivity contribution in [3.8, 4) is 5.75 Å². The Morgan fingerprint density at radius 2 is 1.72 bits per heavy atom. The number of methoxy groups -OCH3 is 1. The fraction of sp³-hybridized carbons (Fsp3) is 0.0870. The number of halogens is 2. The van der Waals surface area contributed by atoms with Gasteiger partial charge in [-0.2, -0.15) is 4.98 Å². The zero-order chi connectivity index (χ0) is 22.7. The van der Waals surface area contributed by atoms with Crippen molar-refractivity contribution in [2.75, 3.05) is 17.7 Å². The highest BCUT2D eigenvalue weighted by Gasteiger charge is 2.17. The minimum atomic E-state index is -0.923. The SMILES string of the molecule is COc1cccc(Cn2c(NC(=O)Nc3c(F)cccc3F)c3ccccc3nc2=O)c1. The highest BCUT2D eigenvalue weighted by molar-refractivity contribution is 6.04. The van der Waals surface area contributed by atoms with Gasteiger partial charge in [-0.25, -0.2) is 18.4 Å². The molecule has 0 saturated heterocycles. The molecule has 0 unspecified atom stereocenters. The molecule has 162 valence electrons. The van der Waals surface area contributed by atoms with Gasteiger partial charge in [0.2, 0.25) is 0 Å². The number of rotatable bonds is 5. The first-order valence-electron chi connectivity index (χ1n) is 9.61. The highest BCUT2D eigenvalue weighted by atomic mass is 19.1. The zero-order valence-electron chi connectivity index (χ0n) is 16.9. The number of benzene rings is 3. The molecule has 4 aromatic rings. The lowest BCUT2D eigenvalue weighted by Gasteiger charge is -2.17. The maximum absolute atomic E-state index is 13.9. The van der Waals surface area contributed by atoms with E-state index < -0.39 is 29.0 Å². The number of carbonyl (C=O) groups is 1. The lowest BCUT2D eigenvalue weighted by molar-refractivity contribution is 0.261. The summed E-state index contributed by atoms with van der Waals surface area (Å²) in [6.07, 6.45) is 0. The maximum atomic E-state index is 13.9. The normalized spacial score (nSPS) is 10.7. The van der Waals surface area contributed by atoms with Gasteiger partial charge in [0.15, 0.2) is 0 Å². The van der Waals surface area contributed by atoms with Crippen LogP contribution < -0.4 is 21.1 Å². The van der Waals surface area contributed by atoms with Crippen molar-refractivity contribution in [2.24, 2.45) is 0 Å². The number of aromatic nitrogens is 2. The molecule has 2 amide bonds. The molecule has 32 heavy (non-hydrogen) atoms. The molecule has 0 atom stereocenters. The molecule has 0 radical (unpaired) electrons. The number of nitrogens with zero attached hydrogens (tertiary/aromatic N) is 2. The molecular formula is C23H18F2N4O3. The zero-order valence-corrected chi connectivity index (χ0v) is 16.9. The number of hydrogen-bond donors (Lipinski definition) is 2. The molecule has 0 saturated carbocycles. The molecule has 2 N–H and O–H groups in total. The van der Waals surface area contributed by atoms with Crippen LogP contribution in [-0.4, -0.2) is 22.7 Å². The second-order valence-corrected chi connectivity index (χ2v) is 6.87. The molecule has 1 aromatic heterocycles. The van der Waals surface area contributed by atoms with E-state index in [1.807, 2.05) is 0 Å². The molecule has 0 spiro atoms. The third kappa shape index (κ3) is 4.27. The third-order valence-corrected chi connectivity index (χ3v) is 4.78. The fourth-order valence-corrected chi connectivity index (χ4v) is 3.28. The molecule has 0 aliphatic rings. The molecule has 1 heterocycles. The lowest BCUT2D eigenvalue weighted by Crippen LogP contribution is -2.30. The van der Waals surface area contributed by atoms with Crippen LogP contribution in [0.1, 0.15) is 5.56 Å². The molecule has 0 aliphatic carbocycles. The third-order valence-electron chi connectivity index (χ3n) is 4.78. The summed E-state index contributed by atoms with van der Waals surface area (Å²) in [6.45, 7) is 0.0809. The van der Waals surface area contributed by atoms with E-state index in [0.29, 0.717) is 16.7 Å². The second-order valence-electron chi connectivity index (χ2n) is 6.87. The van der Waals surface area contributed by atoms with E-state index in [0.717, 1.165) is 17.7 Å². The summed E-state index contributed by atoms with van der Waals surface area (Å²) in [7, 11) is 1.53. The van der Waals surface area contributed by atoms with E-state index in [-0.39, 0.29) is 12.4 Å². The average molecular weight is 436 g/mol. The fourth-order valence-electron chi connectivity index (χ4n) is 3.28. The Kier molecular flexibility index (Phi) is 5.80. The number of hydrogen-bond acceptors (Lipinski definition) is 4. The van der Waals surface area contributed by atoms with Crippen LogP contribution in [0.3, 0.4) is 0 Å². The topological polar surface area (TPSA) is 85.2 Å². The lowest BCUT2D eigenvalue weighted by atomic mass is 10.2. The Morgan fingerprint density at radius 1 is 1.00 bits per heavy atom. The molecule has 0 bridgehead atoms. The largest absolute Gasteiger partial charge is 0.497 e. The maximum Gasteiger partial charge on any atom is 0.350 e. The number of nitrogens with one attached hydrogen (secondary N) is 2. The van der Waals surface area contributed by atoms with Crippen LogP contribution in [0.15, 0.2) is 71.5 Å². The average Bonchev–Trinajstić information content (AvgIpc) is 2.79. The first kappa shape index (κ1) is 21.0. The number of anilines is 2.